The van der Waals surface area contributed by atoms with Gasteiger partial charge in [0.15, 0.2) is 5.17 Å². The second-order valence-corrected chi connectivity index (χ2v) is 7.75. The Kier molecular flexibility index (Phi) is 6.18. The van der Waals surface area contributed by atoms with Gasteiger partial charge in [0.05, 0.1) is 5.69 Å². The molecule has 8 heteroatoms. The molecule has 2 heterocycles. The van der Waals surface area contributed by atoms with Crippen LogP contribution in [-0.2, 0) is 30.6 Å². The molecular formula is C22H23ClN6O. The van der Waals surface area contributed by atoms with Gasteiger partial charge >= 0.3 is 0 Å². The molecule has 0 bridgehead atoms. The lowest BCUT2D eigenvalue weighted by Gasteiger charge is -2.27. The fraction of sp³-hybridized carbons (Fsp3) is 0.318. The van der Waals surface area contributed by atoms with Gasteiger partial charge in [-0.15, -0.1) is 5.10 Å². The summed E-state index contributed by atoms with van der Waals surface area (Å²) in [6.07, 6.45) is 9.00. The third kappa shape index (κ3) is 4.74. The smallest absolute Gasteiger partial charge is 0.267 e. The van der Waals surface area contributed by atoms with Gasteiger partial charge in [-0.1, -0.05) is 41.9 Å². The molecule has 0 spiro atoms. The van der Waals surface area contributed by atoms with Crippen molar-refractivity contribution in [2.45, 2.75) is 38.8 Å². The van der Waals surface area contributed by atoms with E-state index < -0.39 is 0 Å². The van der Waals surface area contributed by atoms with Crippen LogP contribution in [0.2, 0.25) is 0 Å². The largest absolute Gasteiger partial charge is 0.351 e. The van der Waals surface area contributed by atoms with E-state index in [1.807, 2.05) is 13.1 Å². The van der Waals surface area contributed by atoms with Gasteiger partial charge < -0.3 is 10.2 Å². The molecule has 0 radical (unpaired) electrons. The maximum atomic E-state index is 12.3. The number of amides is 1. The molecule has 30 heavy (non-hydrogen) atoms. The molecular weight excluding hydrogens is 400 g/mol. The number of carbonyl (C=O) groups excluding carboxylic acids is 1. The maximum Gasteiger partial charge on any atom is 0.267 e. The molecule has 0 fully saturated rings. The number of aromatic nitrogens is 2. The zero-order valence-electron chi connectivity index (χ0n) is 16.8. The van der Waals surface area contributed by atoms with E-state index in [1.54, 1.807) is 17.1 Å². The molecule has 1 aromatic carbocycles. The van der Waals surface area contributed by atoms with Crippen LogP contribution in [-0.4, -0.2) is 44.7 Å². The Balaban J connectivity index is 1.36. The van der Waals surface area contributed by atoms with Crippen LogP contribution in [0.4, 0.5) is 5.95 Å². The number of benzene rings is 1. The SMILES string of the molecule is C\C=C/C(Cl)=N\N=C\C(=O)N1CCc2nc(NC3Cc4ccccc4C3)ncc2C1. The van der Waals surface area contributed by atoms with Crippen LogP contribution in [0.5, 0.6) is 0 Å². The number of fused-ring (bicyclic) bond motifs is 2. The van der Waals surface area contributed by atoms with Crippen LogP contribution in [0.25, 0.3) is 0 Å². The van der Waals surface area contributed by atoms with Crippen molar-refractivity contribution in [3.05, 3.63) is 65.0 Å². The van der Waals surface area contributed by atoms with E-state index in [-0.39, 0.29) is 11.1 Å². The summed E-state index contributed by atoms with van der Waals surface area (Å²) in [6, 6.07) is 8.83. The molecule has 1 aliphatic heterocycles. The number of hydrogen-bond donors (Lipinski definition) is 1. The van der Waals surface area contributed by atoms with Crippen LogP contribution < -0.4 is 5.32 Å². The van der Waals surface area contributed by atoms with E-state index in [0.29, 0.717) is 31.5 Å². The molecule has 0 saturated carbocycles. The van der Waals surface area contributed by atoms with Gasteiger partial charge in [-0.05, 0) is 37.0 Å². The van der Waals surface area contributed by atoms with Crippen molar-refractivity contribution in [3.63, 3.8) is 0 Å². The maximum absolute atomic E-state index is 12.3. The molecule has 0 atom stereocenters. The Hall–Kier alpha value is -3.06. The quantitative estimate of drug-likeness (QED) is 0.592. The van der Waals surface area contributed by atoms with Crippen molar-refractivity contribution >= 4 is 34.8 Å². The van der Waals surface area contributed by atoms with Crippen LogP contribution in [0.1, 0.15) is 29.3 Å². The number of hydrogen-bond acceptors (Lipinski definition) is 6. The monoisotopic (exact) mass is 422 g/mol. The minimum Gasteiger partial charge on any atom is -0.351 e. The highest BCUT2D eigenvalue weighted by Crippen LogP contribution is 2.24. The van der Waals surface area contributed by atoms with Gasteiger partial charge in [0.25, 0.3) is 5.91 Å². The fourth-order valence-electron chi connectivity index (χ4n) is 3.80. The zero-order valence-corrected chi connectivity index (χ0v) is 17.5. The first-order valence-corrected chi connectivity index (χ1v) is 10.4. The van der Waals surface area contributed by atoms with E-state index in [2.05, 4.69) is 44.8 Å². The molecule has 0 unspecified atom stereocenters. The number of carbonyl (C=O) groups is 1. The van der Waals surface area contributed by atoms with E-state index in [1.165, 1.54) is 17.3 Å². The molecule has 2 aromatic rings. The summed E-state index contributed by atoms with van der Waals surface area (Å²) in [5, 5.41) is 11.2. The third-order valence-electron chi connectivity index (χ3n) is 5.26. The van der Waals surface area contributed by atoms with Crippen LogP contribution >= 0.6 is 11.6 Å². The van der Waals surface area contributed by atoms with Crippen LogP contribution in [0, 0.1) is 0 Å². The van der Waals surface area contributed by atoms with Crippen molar-refractivity contribution < 1.29 is 4.79 Å². The van der Waals surface area contributed by atoms with E-state index in [9.17, 15) is 4.79 Å². The number of anilines is 1. The summed E-state index contributed by atoms with van der Waals surface area (Å²) in [5.74, 6) is 0.445. The molecule has 154 valence electrons. The van der Waals surface area contributed by atoms with Gasteiger partial charge in [0, 0.05) is 37.3 Å². The Morgan fingerprint density at radius 3 is 2.77 bits per heavy atom. The van der Waals surface area contributed by atoms with Crippen molar-refractivity contribution in [3.8, 4) is 0 Å². The first-order chi connectivity index (χ1) is 14.6. The Labute approximate surface area is 180 Å². The van der Waals surface area contributed by atoms with Gasteiger partial charge in [-0.25, -0.2) is 9.97 Å². The highest BCUT2D eigenvalue weighted by molar-refractivity contribution is 6.68. The van der Waals surface area contributed by atoms with Crippen molar-refractivity contribution in [2.75, 3.05) is 11.9 Å². The summed E-state index contributed by atoms with van der Waals surface area (Å²) in [5.41, 5.74) is 4.72. The van der Waals surface area contributed by atoms with E-state index in [4.69, 9.17) is 16.6 Å². The lowest BCUT2D eigenvalue weighted by Crippen LogP contribution is -2.37. The zero-order chi connectivity index (χ0) is 20.9. The summed E-state index contributed by atoms with van der Waals surface area (Å²) in [7, 11) is 0. The Bertz CT molecular complexity index is 1010. The molecule has 4 rings (SSSR count). The molecule has 1 amide bonds. The lowest BCUT2D eigenvalue weighted by molar-refractivity contribution is -0.124. The standard InChI is InChI=1S/C22H23ClN6O/c1-2-5-20(23)28-25-13-21(30)29-9-8-19-17(14-29)12-24-22(27-19)26-18-10-15-6-3-4-7-16(15)11-18/h2-7,12-13,18H,8-11,14H2,1H3,(H,24,26,27)/b5-2-,25-13+,28-20+. The summed E-state index contributed by atoms with van der Waals surface area (Å²) in [4.78, 5) is 23.2. The second-order valence-electron chi connectivity index (χ2n) is 7.36. The molecule has 7 nitrogen and oxygen atoms in total. The summed E-state index contributed by atoms with van der Waals surface area (Å²) >= 11 is 5.82. The average molecular weight is 423 g/mol. The minimum absolute atomic E-state index is 0.208. The fourth-order valence-corrected chi connectivity index (χ4v) is 3.97. The number of halogens is 1. The molecule has 1 aliphatic carbocycles. The normalized spacial score (nSPS) is 16.9. The topological polar surface area (TPSA) is 82.8 Å². The number of nitrogens with zero attached hydrogens (tertiary/aromatic N) is 5. The first-order valence-electron chi connectivity index (χ1n) is 9.98. The lowest BCUT2D eigenvalue weighted by atomic mass is 10.1. The highest BCUT2D eigenvalue weighted by Gasteiger charge is 2.24. The molecule has 0 saturated heterocycles. The Morgan fingerprint density at radius 2 is 2.03 bits per heavy atom. The highest BCUT2D eigenvalue weighted by atomic mass is 35.5. The average Bonchev–Trinajstić information content (AvgIpc) is 3.15. The van der Waals surface area contributed by atoms with E-state index >= 15 is 0 Å². The minimum atomic E-state index is -0.208. The predicted octanol–water partition coefficient (Wildman–Crippen LogP) is 3.14. The third-order valence-corrected chi connectivity index (χ3v) is 5.46. The predicted molar refractivity (Wildman–Crippen MR) is 119 cm³/mol. The van der Waals surface area contributed by atoms with Crippen LogP contribution in [0.3, 0.4) is 0 Å². The summed E-state index contributed by atoms with van der Waals surface area (Å²) in [6.45, 7) is 2.87. The number of nitrogens with one attached hydrogen (secondary N) is 1. The first kappa shape index (κ1) is 20.2. The molecule has 2 aliphatic rings. The number of rotatable bonds is 5. The summed E-state index contributed by atoms with van der Waals surface area (Å²) < 4.78 is 0. The molecule has 1 aromatic heterocycles. The van der Waals surface area contributed by atoms with E-state index in [0.717, 1.165) is 24.1 Å². The van der Waals surface area contributed by atoms with Crippen molar-refractivity contribution in [1.29, 1.82) is 0 Å². The van der Waals surface area contributed by atoms with Gasteiger partial charge in [-0.2, -0.15) is 5.10 Å². The van der Waals surface area contributed by atoms with Crippen molar-refractivity contribution in [2.24, 2.45) is 10.2 Å². The van der Waals surface area contributed by atoms with Gasteiger partial charge in [0.1, 0.15) is 6.21 Å². The molecule has 1 N–H and O–H groups in total. The van der Waals surface area contributed by atoms with Gasteiger partial charge in [-0.3, -0.25) is 4.79 Å². The van der Waals surface area contributed by atoms with Gasteiger partial charge in [0.2, 0.25) is 5.95 Å². The second kappa shape index (κ2) is 9.17. The van der Waals surface area contributed by atoms with Crippen LogP contribution in [0.15, 0.2) is 52.8 Å². The Morgan fingerprint density at radius 1 is 1.27 bits per heavy atom. The number of allylic oxidation sites excluding steroid dienone is 2. The van der Waals surface area contributed by atoms with Crippen molar-refractivity contribution in [1.82, 2.24) is 14.9 Å².